The number of rotatable bonds is 6. The SMILES string of the molecule is CCCCSc1nnc(-c2ccncc2)n1-c1cccc(C)c1. The Balaban J connectivity index is 2.06. The molecule has 1 aromatic carbocycles. The lowest BCUT2D eigenvalue weighted by Crippen LogP contribution is -2.00. The first-order valence-electron chi connectivity index (χ1n) is 7.85. The van der Waals surface area contributed by atoms with Gasteiger partial charge in [0.2, 0.25) is 0 Å². The maximum Gasteiger partial charge on any atom is 0.196 e. The summed E-state index contributed by atoms with van der Waals surface area (Å²) < 4.78 is 2.14. The Hall–Kier alpha value is -2.14. The third kappa shape index (κ3) is 3.62. The van der Waals surface area contributed by atoms with Crippen molar-refractivity contribution in [2.24, 2.45) is 0 Å². The number of pyridine rings is 1. The van der Waals surface area contributed by atoms with Crippen LogP contribution in [0.2, 0.25) is 0 Å². The van der Waals surface area contributed by atoms with Crippen LogP contribution >= 0.6 is 11.8 Å². The van der Waals surface area contributed by atoms with Gasteiger partial charge in [0.25, 0.3) is 0 Å². The van der Waals surface area contributed by atoms with Crippen molar-refractivity contribution in [2.75, 3.05) is 5.75 Å². The average molecular weight is 324 g/mol. The van der Waals surface area contributed by atoms with Gasteiger partial charge in [-0.15, -0.1) is 10.2 Å². The van der Waals surface area contributed by atoms with Crippen LogP contribution in [0.1, 0.15) is 25.3 Å². The summed E-state index contributed by atoms with van der Waals surface area (Å²) in [5.41, 5.74) is 3.35. The standard InChI is InChI=1S/C18H20N4S/c1-3-4-12-23-18-21-20-17(15-8-10-19-11-9-15)22(18)16-7-5-6-14(2)13-16/h5-11,13H,3-4,12H2,1-2H3. The molecule has 0 spiro atoms. The van der Waals surface area contributed by atoms with Crippen LogP contribution in [-0.4, -0.2) is 25.5 Å². The Morgan fingerprint density at radius 2 is 1.91 bits per heavy atom. The molecule has 0 saturated heterocycles. The molecule has 2 heterocycles. The van der Waals surface area contributed by atoms with Gasteiger partial charge in [-0.05, 0) is 43.2 Å². The third-order valence-electron chi connectivity index (χ3n) is 3.56. The number of hydrogen-bond acceptors (Lipinski definition) is 4. The molecule has 23 heavy (non-hydrogen) atoms. The zero-order chi connectivity index (χ0) is 16.1. The van der Waals surface area contributed by atoms with Crippen molar-refractivity contribution < 1.29 is 0 Å². The second kappa shape index (κ2) is 7.42. The first kappa shape index (κ1) is 15.7. The zero-order valence-electron chi connectivity index (χ0n) is 13.4. The Morgan fingerprint density at radius 3 is 2.65 bits per heavy atom. The number of unbranched alkanes of at least 4 members (excludes halogenated alkanes) is 1. The molecule has 2 aromatic heterocycles. The Kier molecular flexibility index (Phi) is 5.08. The number of nitrogens with zero attached hydrogens (tertiary/aromatic N) is 4. The smallest absolute Gasteiger partial charge is 0.196 e. The molecule has 0 N–H and O–H groups in total. The molecule has 0 bridgehead atoms. The molecule has 3 rings (SSSR count). The number of aryl methyl sites for hydroxylation is 1. The topological polar surface area (TPSA) is 43.6 Å². The summed E-state index contributed by atoms with van der Waals surface area (Å²) in [6.07, 6.45) is 5.93. The van der Waals surface area contributed by atoms with E-state index in [9.17, 15) is 0 Å². The number of aromatic nitrogens is 4. The van der Waals surface area contributed by atoms with E-state index in [-0.39, 0.29) is 0 Å². The van der Waals surface area contributed by atoms with Crippen LogP contribution < -0.4 is 0 Å². The second-order valence-corrected chi connectivity index (χ2v) is 6.48. The van der Waals surface area contributed by atoms with Crippen LogP contribution in [0.3, 0.4) is 0 Å². The molecule has 4 nitrogen and oxygen atoms in total. The molecule has 0 saturated carbocycles. The van der Waals surface area contributed by atoms with Crippen molar-refractivity contribution in [3.05, 3.63) is 54.4 Å². The minimum Gasteiger partial charge on any atom is -0.270 e. The maximum absolute atomic E-state index is 4.44. The summed E-state index contributed by atoms with van der Waals surface area (Å²) >= 11 is 1.76. The molecule has 0 aliphatic carbocycles. The van der Waals surface area contributed by atoms with Crippen molar-refractivity contribution in [3.8, 4) is 17.1 Å². The molecule has 0 unspecified atom stereocenters. The van der Waals surface area contributed by atoms with Gasteiger partial charge in [0.15, 0.2) is 11.0 Å². The minimum absolute atomic E-state index is 0.858. The van der Waals surface area contributed by atoms with Gasteiger partial charge in [0.1, 0.15) is 0 Å². The van der Waals surface area contributed by atoms with Crippen molar-refractivity contribution in [3.63, 3.8) is 0 Å². The Bertz CT molecular complexity index is 768. The highest BCUT2D eigenvalue weighted by Gasteiger charge is 2.15. The number of benzene rings is 1. The monoisotopic (exact) mass is 324 g/mol. The molecule has 0 radical (unpaired) electrons. The van der Waals surface area contributed by atoms with Crippen LogP contribution in [0, 0.1) is 6.92 Å². The summed E-state index contributed by atoms with van der Waals surface area (Å²) in [5, 5.41) is 9.80. The normalized spacial score (nSPS) is 10.9. The number of hydrogen-bond donors (Lipinski definition) is 0. The quantitative estimate of drug-likeness (QED) is 0.493. The first-order valence-corrected chi connectivity index (χ1v) is 8.84. The second-order valence-electron chi connectivity index (χ2n) is 5.42. The summed E-state index contributed by atoms with van der Waals surface area (Å²) in [7, 11) is 0. The molecule has 118 valence electrons. The molecule has 0 aliphatic rings. The van der Waals surface area contributed by atoms with E-state index in [2.05, 4.69) is 57.9 Å². The van der Waals surface area contributed by atoms with E-state index in [0.717, 1.165) is 28.0 Å². The Morgan fingerprint density at radius 1 is 1.09 bits per heavy atom. The van der Waals surface area contributed by atoms with E-state index in [1.165, 1.54) is 18.4 Å². The van der Waals surface area contributed by atoms with Crippen LogP contribution in [0.15, 0.2) is 53.9 Å². The maximum atomic E-state index is 4.44. The summed E-state index contributed by atoms with van der Waals surface area (Å²) in [6, 6.07) is 12.4. The fraction of sp³-hybridized carbons (Fsp3) is 0.278. The van der Waals surface area contributed by atoms with Gasteiger partial charge in [-0.3, -0.25) is 9.55 Å². The summed E-state index contributed by atoms with van der Waals surface area (Å²) in [4.78, 5) is 4.09. The third-order valence-corrected chi connectivity index (χ3v) is 4.58. The van der Waals surface area contributed by atoms with E-state index in [1.54, 1.807) is 24.2 Å². The minimum atomic E-state index is 0.858. The van der Waals surface area contributed by atoms with E-state index in [1.807, 2.05) is 12.1 Å². The van der Waals surface area contributed by atoms with Crippen molar-refractivity contribution in [1.29, 1.82) is 0 Å². The zero-order valence-corrected chi connectivity index (χ0v) is 14.3. The molecule has 3 aromatic rings. The number of thioether (sulfide) groups is 1. The van der Waals surface area contributed by atoms with Gasteiger partial charge in [-0.2, -0.15) is 0 Å². The van der Waals surface area contributed by atoms with Crippen LogP contribution in [0.5, 0.6) is 0 Å². The van der Waals surface area contributed by atoms with E-state index >= 15 is 0 Å². The molecule has 0 amide bonds. The van der Waals surface area contributed by atoms with Crippen LogP contribution in [-0.2, 0) is 0 Å². The molecule has 5 heteroatoms. The van der Waals surface area contributed by atoms with E-state index in [0.29, 0.717) is 0 Å². The molecule has 0 aliphatic heterocycles. The van der Waals surface area contributed by atoms with Gasteiger partial charge >= 0.3 is 0 Å². The Labute approximate surface area is 141 Å². The lowest BCUT2D eigenvalue weighted by Gasteiger charge is -2.11. The van der Waals surface area contributed by atoms with Crippen molar-refractivity contribution >= 4 is 11.8 Å². The molecular formula is C18H20N4S. The van der Waals surface area contributed by atoms with E-state index in [4.69, 9.17) is 0 Å². The summed E-state index contributed by atoms with van der Waals surface area (Å²) in [6.45, 7) is 4.30. The van der Waals surface area contributed by atoms with Gasteiger partial charge in [0, 0.05) is 29.4 Å². The van der Waals surface area contributed by atoms with Crippen LogP contribution in [0.25, 0.3) is 17.1 Å². The predicted octanol–water partition coefficient (Wildman–Crippen LogP) is 4.53. The van der Waals surface area contributed by atoms with Crippen LogP contribution in [0.4, 0.5) is 0 Å². The first-order chi connectivity index (χ1) is 11.3. The molecule has 0 fully saturated rings. The van der Waals surface area contributed by atoms with Gasteiger partial charge in [-0.1, -0.05) is 37.2 Å². The predicted molar refractivity (Wildman–Crippen MR) is 95.0 cm³/mol. The lowest BCUT2D eigenvalue weighted by molar-refractivity contribution is 0.865. The molecular weight excluding hydrogens is 304 g/mol. The fourth-order valence-electron chi connectivity index (χ4n) is 2.36. The lowest BCUT2D eigenvalue weighted by atomic mass is 10.2. The highest BCUT2D eigenvalue weighted by atomic mass is 32.2. The average Bonchev–Trinajstić information content (AvgIpc) is 3.00. The largest absolute Gasteiger partial charge is 0.270 e. The van der Waals surface area contributed by atoms with Gasteiger partial charge in [0.05, 0.1) is 0 Å². The van der Waals surface area contributed by atoms with Crippen molar-refractivity contribution in [1.82, 2.24) is 19.7 Å². The van der Waals surface area contributed by atoms with Crippen molar-refractivity contribution in [2.45, 2.75) is 31.8 Å². The summed E-state index contributed by atoms with van der Waals surface area (Å²) in [5.74, 6) is 1.91. The van der Waals surface area contributed by atoms with Gasteiger partial charge < -0.3 is 0 Å². The van der Waals surface area contributed by atoms with E-state index < -0.39 is 0 Å². The molecule has 0 atom stereocenters. The highest BCUT2D eigenvalue weighted by molar-refractivity contribution is 7.99. The van der Waals surface area contributed by atoms with Gasteiger partial charge in [-0.25, -0.2) is 0 Å². The highest BCUT2D eigenvalue weighted by Crippen LogP contribution is 2.28. The fourth-order valence-corrected chi connectivity index (χ4v) is 3.39.